The Morgan fingerprint density at radius 3 is 2.72 bits per heavy atom. The van der Waals surface area contributed by atoms with Gasteiger partial charge in [-0.15, -0.1) is 11.3 Å². The highest BCUT2D eigenvalue weighted by atomic mass is 35.5. The average Bonchev–Trinajstić information content (AvgIpc) is 3.24. The highest BCUT2D eigenvalue weighted by Gasteiger charge is 2.25. The van der Waals surface area contributed by atoms with Crippen LogP contribution in [0.15, 0.2) is 29.6 Å². The number of hydrogen-bond donors (Lipinski definition) is 3. The van der Waals surface area contributed by atoms with Crippen LogP contribution in [0.25, 0.3) is 0 Å². The summed E-state index contributed by atoms with van der Waals surface area (Å²) in [7, 11) is 0. The zero-order valence-electron chi connectivity index (χ0n) is 15.2. The number of nitrogens with zero attached hydrogens (tertiary/aromatic N) is 1. The van der Waals surface area contributed by atoms with Crippen molar-refractivity contribution in [3.8, 4) is 0 Å². The molecule has 0 spiro atoms. The molecule has 3 rings (SSSR count). The van der Waals surface area contributed by atoms with Crippen molar-refractivity contribution in [3.05, 3.63) is 56.2 Å². The van der Waals surface area contributed by atoms with E-state index in [0.29, 0.717) is 24.4 Å². The molecule has 0 radical (unpaired) electrons. The highest BCUT2D eigenvalue weighted by Crippen LogP contribution is 2.26. The molecule has 0 fully saturated rings. The molecule has 1 aromatic carbocycles. The quantitative estimate of drug-likeness (QED) is 0.570. The number of carbonyl (C=O) groups excluding carboxylic acids is 3. The van der Waals surface area contributed by atoms with Crippen molar-refractivity contribution < 1.29 is 24.3 Å². The van der Waals surface area contributed by atoms with Crippen LogP contribution in [0, 0.1) is 0 Å². The second kappa shape index (κ2) is 9.06. The standard InChI is InChI=1S/C19H18ClN3O5S/c20-14-7-12-9-23(10-24)4-3-11(12)6-13(14)17(25)22-15(19(27)28)8-21-18(26)16-2-1-5-29-16/h1-2,5-7,10,15H,3-4,8-9H2,(H,21,26)(H,22,25)(H,27,28). The lowest BCUT2D eigenvalue weighted by Gasteiger charge is -2.26. The second-order valence-corrected chi connectivity index (χ2v) is 7.83. The zero-order valence-corrected chi connectivity index (χ0v) is 16.8. The molecule has 2 heterocycles. The second-order valence-electron chi connectivity index (χ2n) is 6.48. The van der Waals surface area contributed by atoms with Crippen molar-refractivity contribution in [2.45, 2.75) is 19.0 Å². The van der Waals surface area contributed by atoms with Crippen LogP contribution < -0.4 is 10.6 Å². The average molecular weight is 436 g/mol. The predicted molar refractivity (Wildman–Crippen MR) is 107 cm³/mol. The van der Waals surface area contributed by atoms with Gasteiger partial charge >= 0.3 is 5.97 Å². The van der Waals surface area contributed by atoms with Crippen LogP contribution >= 0.6 is 22.9 Å². The van der Waals surface area contributed by atoms with E-state index in [1.165, 1.54) is 11.3 Å². The largest absolute Gasteiger partial charge is 0.480 e. The van der Waals surface area contributed by atoms with Crippen molar-refractivity contribution in [2.75, 3.05) is 13.1 Å². The first-order chi connectivity index (χ1) is 13.9. The summed E-state index contributed by atoms with van der Waals surface area (Å²) >= 11 is 7.45. The first kappa shape index (κ1) is 20.8. The Labute approximate surface area is 175 Å². The van der Waals surface area contributed by atoms with E-state index in [0.717, 1.165) is 17.5 Å². The fraction of sp³-hybridized carbons (Fsp3) is 0.263. The van der Waals surface area contributed by atoms with Gasteiger partial charge in [0.25, 0.3) is 11.8 Å². The first-order valence-corrected chi connectivity index (χ1v) is 10.0. The molecule has 29 heavy (non-hydrogen) atoms. The third-order valence-corrected chi connectivity index (χ3v) is 5.72. The molecule has 2 aromatic rings. The molecular weight excluding hydrogens is 418 g/mol. The van der Waals surface area contributed by atoms with Crippen LogP contribution in [0.1, 0.15) is 31.2 Å². The van der Waals surface area contributed by atoms with Crippen molar-refractivity contribution in [3.63, 3.8) is 0 Å². The van der Waals surface area contributed by atoms with Gasteiger partial charge in [-0.2, -0.15) is 0 Å². The Morgan fingerprint density at radius 1 is 1.28 bits per heavy atom. The molecule has 0 saturated carbocycles. The lowest BCUT2D eigenvalue weighted by atomic mass is 9.97. The molecule has 1 aliphatic rings. The molecule has 1 atom stereocenters. The molecule has 3 N–H and O–H groups in total. The van der Waals surface area contributed by atoms with E-state index in [4.69, 9.17) is 11.6 Å². The van der Waals surface area contributed by atoms with Crippen molar-refractivity contribution in [1.82, 2.24) is 15.5 Å². The molecule has 8 nitrogen and oxygen atoms in total. The number of thiophene rings is 1. The number of carboxylic acid groups (broad SMARTS) is 1. The van der Waals surface area contributed by atoms with Gasteiger partial charge in [-0.25, -0.2) is 4.79 Å². The number of benzene rings is 1. The molecule has 0 saturated heterocycles. The van der Waals surface area contributed by atoms with E-state index >= 15 is 0 Å². The normalized spacial score (nSPS) is 13.9. The maximum Gasteiger partial charge on any atom is 0.328 e. The van der Waals surface area contributed by atoms with Gasteiger partial charge in [-0.05, 0) is 41.1 Å². The van der Waals surface area contributed by atoms with Crippen molar-refractivity contribution in [2.24, 2.45) is 0 Å². The SMILES string of the molecule is O=CN1CCc2cc(C(=O)NC(CNC(=O)c3cccs3)C(=O)O)c(Cl)cc2C1. The van der Waals surface area contributed by atoms with Crippen LogP contribution in [0.5, 0.6) is 0 Å². The van der Waals surface area contributed by atoms with Gasteiger partial charge in [-0.3, -0.25) is 14.4 Å². The maximum absolute atomic E-state index is 12.6. The third-order valence-electron chi connectivity index (χ3n) is 4.54. The molecule has 0 aliphatic carbocycles. The summed E-state index contributed by atoms with van der Waals surface area (Å²) in [6, 6.07) is 5.26. The summed E-state index contributed by atoms with van der Waals surface area (Å²) in [6.07, 6.45) is 1.34. The van der Waals surface area contributed by atoms with Gasteiger partial charge in [0.2, 0.25) is 6.41 Å². The van der Waals surface area contributed by atoms with Gasteiger partial charge in [0, 0.05) is 19.6 Å². The van der Waals surface area contributed by atoms with Crippen LogP contribution in [0.3, 0.4) is 0 Å². The summed E-state index contributed by atoms with van der Waals surface area (Å²) in [5.41, 5.74) is 1.89. The fourth-order valence-electron chi connectivity index (χ4n) is 2.99. The number of carbonyl (C=O) groups is 4. The lowest BCUT2D eigenvalue weighted by molar-refractivity contribution is -0.139. The predicted octanol–water partition coefficient (Wildman–Crippen LogP) is 1.53. The summed E-state index contributed by atoms with van der Waals surface area (Å²) in [5, 5.41) is 16.2. The highest BCUT2D eigenvalue weighted by molar-refractivity contribution is 7.12. The number of hydrogen-bond acceptors (Lipinski definition) is 5. The molecular formula is C19H18ClN3O5S. The van der Waals surface area contributed by atoms with Crippen molar-refractivity contribution >= 4 is 47.1 Å². The number of halogens is 1. The number of aliphatic carboxylic acids is 1. The third kappa shape index (κ3) is 4.93. The minimum Gasteiger partial charge on any atom is -0.480 e. The van der Waals surface area contributed by atoms with E-state index in [2.05, 4.69) is 10.6 Å². The first-order valence-electron chi connectivity index (χ1n) is 8.75. The molecule has 1 unspecified atom stereocenters. The Bertz CT molecular complexity index is 948. The summed E-state index contributed by atoms with van der Waals surface area (Å²) in [4.78, 5) is 49.1. The summed E-state index contributed by atoms with van der Waals surface area (Å²) in [5.74, 6) is -2.33. The number of fused-ring (bicyclic) bond motifs is 1. The van der Waals surface area contributed by atoms with Gasteiger partial charge in [0.05, 0.1) is 15.5 Å². The van der Waals surface area contributed by atoms with Gasteiger partial charge < -0.3 is 20.6 Å². The van der Waals surface area contributed by atoms with E-state index < -0.39 is 23.8 Å². The van der Waals surface area contributed by atoms with Crippen LogP contribution in [0.4, 0.5) is 0 Å². The van der Waals surface area contributed by atoms with E-state index in [1.54, 1.807) is 34.5 Å². The van der Waals surface area contributed by atoms with Crippen LogP contribution in [0.2, 0.25) is 5.02 Å². The van der Waals surface area contributed by atoms with E-state index in [-0.39, 0.29) is 17.1 Å². The molecule has 10 heteroatoms. The van der Waals surface area contributed by atoms with Gasteiger partial charge in [0.1, 0.15) is 6.04 Å². The van der Waals surface area contributed by atoms with E-state index in [1.807, 2.05) is 0 Å². The zero-order chi connectivity index (χ0) is 21.0. The monoisotopic (exact) mass is 435 g/mol. The smallest absolute Gasteiger partial charge is 0.328 e. The van der Waals surface area contributed by atoms with Crippen LogP contribution in [-0.4, -0.2) is 53.3 Å². The van der Waals surface area contributed by atoms with Gasteiger partial charge in [-0.1, -0.05) is 17.7 Å². The van der Waals surface area contributed by atoms with Gasteiger partial charge in [0.15, 0.2) is 0 Å². The Balaban J connectivity index is 1.69. The van der Waals surface area contributed by atoms with E-state index in [9.17, 15) is 24.3 Å². The molecule has 1 aliphatic heterocycles. The molecule has 152 valence electrons. The Kier molecular flexibility index (Phi) is 6.50. The van der Waals surface area contributed by atoms with Crippen LogP contribution in [-0.2, 0) is 22.6 Å². The maximum atomic E-state index is 12.6. The minimum atomic E-state index is -1.32. The summed E-state index contributed by atoms with van der Waals surface area (Å²) < 4.78 is 0. The van der Waals surface area contributed by atoms with Crippen molar-refractivity contribution in [1.29, 1.82) is 0 Å². The topological polar surface area (TPSA) is 116 Å². The number of nitrogens with one attached hydrogen (secondary N) is 2. The Morgan fingerprint density at radius 2 is 2.07 bits per heavy atom. The fourth-order valence-corrected chi connectivity index (χ4v) is 3.90. The minimum absolute atomic E-state index is 0.154. The molecule has 3 amide bonds. The molecule has 0 bridgehead atoms. The lowest BCUT2D eigenvalue weighted by Crippen LogP contribution is -2.48. The molecule has 1 aromatic heterocycles. The summed E-state index contributed by atoms with van der Waals surface area (Å²) in [6.45, 7) is 0.674. The number of carboxylic acids is 1. The number of rotatable bonds is 7. The number of amides is 3. The Hall–Kier alpha value is -2.91.